The Hall–Kier alpha value is -0.640. The maximum absolute atomic E-state index is 11.9. The van der Waals surface area contributed by atoms with Gasteiger partial charge in [-0.05, 0) is 34.6 Å². The molecule has 0 heterocycles. The second kappa shape index (κ2) is 5.07. The van der Waals surface area contributed by atoms with Gasteiger partial charge in [0.1, 0.15) is 6.67 Å². The highest BCUT2D eigenvalue weighted by Gasteiger charge is 2.06. The van der Waals surface area contributed by atoms with Gasteiger partial charge in [0.15, 0.2) is 0 Å². The van der Waals surface area contributed by atoms with Crippen molar-refractivity contribution in [1.29, 1.82) is 0 Å². The van der Waals surface area contributed by atoms with Crippen LogP contribution < -0.4 is 5.32 Å². The second-order valence-corrected chi connectivity index (χ2v) is 2.70. The van der Waals surface area contributed by atoms with Crippen molar-refractivity contribution in [3.8, 4) is 0 Å². The number of carbonyl (C=O) groups excluding carboxylic acids is 1. The van der Waals surface area contributed by atoms with Crippen LogP contribution in [0.25, 0.3) is 0 Å². The van der Waals surface area contributed by atoms with Gasteiger partial charge in [0.05, 0.1) is 4.48 Å². The van der Waals surface area contributed by atoms with Crippen LogP contribution in [-0.4, -0.2) is 12.6 Å². The summed E-state index contributed by atoms with van der Waals surface area (Å²) in [5.74, 6) is -0.379. The number of amides is 1. The van der Waals surface area contributed by atoms with Crippen LogP contribution in [0, 0.1) is 0 Å². The zero-order valence-corrected chi connectivity index (χ0v) is 7.74. The molecule has 0 unspecified atom stereocenters. The van der Waals surface area contributed by atoms with E-state index in [1.807, 2.05) is 0 Å². The molecule has 0 aliphatic rings. The average molecular weight is 222 g/mol. The number of carbonyl (C=O) groups is 1. The van der Waals surface area contributed by atoms with E-state index in [0.29, 0.717) is 5.57 Å². The van der Waals surface area contributed by atoms with E-state index in [-0.39, 0.29) is 10.4 Å². The molecule has 4 heteroatoms. The summed E-state index contributed by atoms with van der Waals surface area (Å²) in [6, 6.07) is 0. The van der Waals surface area contributed by atoms with Crippen LogP contribution in [-0.2, 0) is 4.79 Å². The molecule has 0 radical (unpaired) electrons. The monoisotopic (exact) mass is 221 g/mol. The number of hydrogen-bond donors (Lipinski definition) is 1. The molecule has 0 aromatic rings. The fourth-order valence-corrected chi connectivity index (χ4v) is 0.629. The number of hydrogen-bond acceptors (Lipinski definition) is 1. The molecule has 0 aromatic carbocycles. The molecule has 1 N–H and O–H groups in total. The van der Waals surface area contributed by atoms with E-state index < -0.39 is 6.67 Å². The molecule has 0 saturated carbocycles. The van der Waals surface area contributed by atoms with Crippen LogP contribution in [0.4, 0.5) is 4.39 Å². The Labute approximate surface area is 73.3 Å². The van der Waals surface area contributed by atoms with Crippen LogP contribution in [0.3, 0.4) is 0 Å². The SMILES string of the molecule is C=CNC(=O)/C(Br)=C(\C)CF. The summed E-state index contributed by atoms with van der Waals surface area (Å²) in [6.45, 7) is 4.20. The molecule has 0 saturated heterocycles. The van der Waals surface area contributed by atoms with Gasteiger partial charge in [-0.25, -0.2) is 4.39 Å². The van der Waals surface area contributed by atoms with Crippen LogP contribution in [0.15, 0.2) is 22.8 Å². The first-order valence-electron chi connectivity index (χ1n) is 2.96. The lowest BCUT2D eigenvalue weighted by molar-refractivity contribution is -0.115. The summed E-state index contributed by atoms with van der Waals surface area (Å²) >= 11 is 2.95. The molecule has 2 nitrogen and oxygen atoms in total. The summed E-state index contributed by atoms with van der Waals surface area (Å²) in [4.78, 5) is 10.9. The Kier molecular flexibility index (Phi) is 4.77. The molecular formula is C7H9BrFNO. The minimum atomic E-state index is -0.634. The van der Waals surface area contributed by atoms with Gasteiger partial charge in [0.25, 0.3) is 5.91 Å². The number of alkyl halides is 1. The maximum atomic E-state index is 11.9. The molecule has 0 aliphatic carbocycles. The highest BCUT2D eigenvalue weighted by atomic mass is 79.9. The molecular weight excluding hydrogens is 213 g/mol. The molecule has 0 aromatic heterocycles. The topological polar surface area (TPSA) is 29.1 Å². The fraction of sp³-hybridized carbons (Fsp3) is 0.286. The van der Waals surface area contributed by atoms with Crippen molar-refractivity contribution in [3.63, 3.8) is 0 Å². The summed E-state index contributed by atoms with van der Waals surface area (Å²) in [7, 11) is 0. The van der Waals surface area contributed by atoms with Crippen molar-refractivity contribution in [3.05, 3.63) is 22.8 Å². The minimum Gasteiger partial charge on any atom is -0.329 e. The van der Waals surface area contributed by atoms with Gasteiger partial charge >= 0.3 is 0 Å². The quantitative estimate of drug-likeness (QED) is 0.725. The molecule has 62 valence electrons. The van der Waals surface area contributed by atoms with Gasteiger partial charge in [-0.1, -0.05) is 6.58 Å². The predicted molar refractivity (Wildman–Crippen MR) is 45.9 cm³/mol. The minimum absolute atomic E-state index is 0.222. The van der Waals surface area contributed by atoms with E-state index in [4.69, 9.17) is 0 Å². The highest BCUT2D eigenvalue weighted by molar-refractivity contribution is 9.12. The van der Waals surface area contributed by atoms with E-state index in [1.165, 1.54) is 13.1 Å². The van der Waals surface area contributed by atoms with Crippen molar-refractivity contribution < 1.29 is 9.18 Å². The van der Waals surface area contributed by atoms with E-state index in [1.54, 1.807) is 0 Å². The van der Waals surface area contributed by atoms with Gasteiger partial charge in [0, 0.05) is 0 Å². The number of allylic oxidation sites excluding steroid dienone is 1. The van der Waals surface area contributed by atoms with Gasteiger partial charge in [0.2, 0.25) is 0 Å². The highest BCUT2D eigenvalue weighted by Crippen LogP contribution is 2.11. The van der Waals surface area contributed by atoms with Crippen molar-refractivity contribution in [2.45, 2.75) is 6.92 Å². The van der Waals surface area contributed by atoms with Gasteiger partial charge in [-0.15, -0.1) is 0 Å². The standard InChI is InChI=1S/C7H9BrFNO/c1-3-10-7(11)6(8)5(2)4-9/h3H,1,4H2,2H3,(H,10,11)/b6-5-. The smallest absolute Gasteiger partial charge is 0.262 e. The Bertz CT molecular complexity index is 201. The van der Waals surface area contributed by atoms with E-state index in [9.17, 15) is 9.18 Å². The van der Waals surface area contributed by atoms with Gasteiger partial charge < -0.3 is 5.32 Å². The van der Waals surface area contributed by atoms with Crippen LogP contribution >= 0.6 is 15.9 Å². The maximum Gasteiger partial charge on any atom is 0.262 e. The van der Waals surface area contributed by atoms with Crippen molar-refractivity contribution in [2.24, 2.45) is 0 Å². The molecule has 0 aliphatic heterocycles. The molecule has 1 amide bonds. The van der Waals surface area contributed by atoms with Crippen molar-refractivity contribution >= 4 is 21.8 Å². The Morgan fingerprint density at radius 1 is 1.82 bits per heavy atom. The molecule has 0 bridgehead atoms. The zero-order chi connectivity index (χ0) is 8.85. The fourth-order valence-electron chi connectivity index (χ4n) is 0.409. The summed E-state index contributed by atoms with van der Waals surface area (Å²) in [5.41, 5.74) is 0.365. The number of rotatable bonds is 3. The van der Waals surface area contributed by atoms with E-state index >= 15 is 0 Å². The van der Waals surface area contributed by atoms with Crippen molar-refractivity contribution in [1.82, 2.24) is 5.32 Å². The van der Waals surface area contributed by atoms with Crippen LogP contribution in [0.5, 0.6) is 0 Å². The normalized spacial score (nSPS) is 11.9. The summed E-state index contributed by atoms with van der Waals surface area (Å²) in [6.07, 6.45) is 1.25. The van der Waals surface area contributed by atoms with Gasteiger partial charge in [-0.3, -0.25) is 4.79 Å². The second-order valence-electron chi connectivity index (χ2n) is 1.91. The van der Waals surface area contributed by atoms with E-state index in [2.05, 4.69) is 27.8 Å². The lowest BCUT2D eigenvalue weighted by Crippen LogP contribution is -2.17. The number of nitrogens with one attached hydrogen (secondary N) is 1. The predicted octanol–water partition coefficient (Wildman–Crippen LogP) is 1.88. The van der Waals surface area contributed by atoms with Gasteiger partial charge in [-0.2, -0.15) is 0 Å². The average Bonchev–Trinajstić information content (AvgIpc) is 2.02. The third-order valence-electron chi connectivity index (χ3n) is 1.01. The zero-order valence-electron chi connectivity index (χ0n) is 6.16. The lowest BCUT2D eigenvalue weighted by atomic mass is 10.3. The third kappa shape index (κ3) is 3.32. The first-order valence-corrected chi connectivity index (χ1v) is 3.75. The first kappa shape index (κ1) is 10.4. The summed E-state index contributed by atoms with van der Waals surface area (Å²) in [5, 5.41) is 2.31. The van der Waals surface area contributed by atoms with Crippen LogP contribution in [0.1, 0.15) is 6.92 Å². The molecule has 11 heavy (non-hydrogen) atoms. The molecule has 0 fully saturated rings. The third-order valence-corrected chi connectivity index (χ3v) is 2.04. The Morgan fingerprint density at radius 2 is 2.36 bits per heavy atom. The van der Waals surface area contributed by atoms with E-state index in [0.717, 1.165) is 0 Å². The summed E-state index contributed by atoms with van der Waals surface area (Å²) < 4.78 is 12.2. The molecule has 0 spiro atoms. The molecule has 0 rings (SSSR count). The number of halogens is 2. The lowest BCUT2D eigenvalue weighted by Gasteiger charge is -1.99. The Morgan fingerprint density at radius 3 is 2.73 bits per heavy atom. The van der Waals surface area contributed by atoms with Crippen molar-refractivity contribution in [2.75, 3.05) is 6.67 Å². The molecule has 0 atom stereocenters. The van der Waals surface area contributed by atoms with Crippen LogP contribution in [0.2, 0.25) is 0 Å². The largest absolute Gasteiger partial charge is 0.329 e. The first-order chi connectivity index (χ1) is 5.13. The Balaban J connectivity index is 4.33.